The van der Waals surface area contributed by atoms with Crippen LogP contribution in [0, 0.1) is 26.7 Å². The lowest BCUT2D eigenvalue weighted by molar-refractivity contribution is -0.125. The molecule has 1 aliphatic rings. The molecule has 0 bridgehead atoms. The van der Waals surface area contributed by atoms with E-state index in [1.165, 1.54) is 0 Å². The zero-order valence-electron chi connectivity index (χ0n) is 20.0. The summed E-state index contributed by atoms with van der Waals surface area (Å²) in [6.07, 6.45) is 1.78. The average molecular weight is 453 g/mol. The molecular formula is C25H32N4O4. The van der Waals surface area contributed by atoms with Crippen molar-refractivity contribution in [1.82, 2.24) is 15.3 Å². The topological polar surface area (TPSA) is 89.7 Å². The molecule has 176 valence electrons. The lowest BCUT2D eigenvalue weighted by Crippen LogP contribution is -2.43. The summed E-state index contributed by atoms with van der Waals surface area (Å²) in [5, 5.41) is 4.04. The molecular weight excluding hydrogens is 420 g/mol. The van der Waals surface area contributed by atoms with Crippen molar-refractivity contribution < 1.29 is 18.7 Å². The van der Waals surface area contributed by atoms with Crippen LogP contribution in [-0.4, -0.2) is 42.7 Å². The van der Waals surface area contributed by atoms with Gasteiger partial charge in [0.05, 0.1) is 25.0 Å². The number of furan rings is 1. The highest BCUT2D eigenvalue weighted by molar-refractivity contribution is 5.90. The highest BCUT2D eigenvalue weighted by atomic mass is 16.5. The number of rotatable bonds is 7. The van der Waals surface area contributed by atoms with Gasteiger partial charge in [0.2, 0.25) is 11.6 Å². The van der Waals surface area contributed by atoms with E-state index in [2.05, 4.69) is 15.2 Å². The van der Waals surface area contributed by atoms with Gasteiger partial charge in [0.25, 0.3) is 0 Å². The number of carbonyl (C=O) groups excluding carboxylic acids is 1. The quantitative estimate of drug-likeness (QED) is 0.577. The predicted octanol–water partition coefficient (Wildman–Crippen LogP) is 4.09. The smallest absolute Gasteiger partial charge is 0.231 e. The Hall–Kier alpha value is -3.29. The van der Waals surface area contributed by atoms with Crippen LogP contribution in [0.4, 0.5) is 5.82 Å². The molecule has 0 spiro atoms. The molecule has 1 fully saturated rings. The number of anilines is 1. The SMILES string of the molecule is CCOc1cc(CNC(=O)[C@@H]2CCCN(c3nc(C)nc4oc(C)c(C)c34)C2)ccc1OC. The maximum absolute atomic E-state index is 13.0. The van der Waals surface area contributed by atoms with Crippen molar-refractivity contribution in [2.75, 3.05) is 31.7 Å². The van der Waals surface area contributed by atoms with Gasteiger partial charge in [0.1, 0.15) is 17.4 Å². The largest absolute Gasteiger partial charge is 0.493 e. The van der Waals surface area contributed by atoms with Gasteiger partial charge in [-0.2, -0.15) is 4.98 Å². The van der Waals surface area contributed by atoms with Crippen LogP contribution in [0.5, 0.6) is 11.5 Å². The number of hydrogen-bond donors (Lipinski definition) is 1. The molecule has 0 radical (unpaired) electrons. The Morgan fingerprint density at radius 3 is 2.82 bits per heavy atom. The first-order valence-corrected chi connectivity index (χ1v) is 11.5. The molecule has 0 unspecified atom stereocenters. The van der Waals surface area contributed by atoms with Crippen LogP contribution < -0.4 is 19.7 Å². The number of nitrogens with zero attached hydrogens (tertiary/aromatic N) is 3. The summed E-state index contributed by atoms with van der Waals surface area (Å²) in [7, 11) is 1.62. The molecule has 3 aromatic rings. The first kappa shape index (κ1) is 22.9. The van der Waals surface area contributed by atoms with Gasteiger partial charge in [0.15, 0.2) is 11.5 Å². The van der Waals surface area contributed by atoms with E-state index in [1.807, 2.05) is 45.9 Å². The molecule has 8 nitrogen and oxygen atoms in total. The Balaban J connectivity index is 1.47. The van der Waals surface area contributed by atoms with Crippen molar-refractivity contribution in [3.8, 4) is 11.5 Å². The number of piperidine rings is 1. The third-order valence-corrected chi connectivity index (χ3v) is 6.21. The third-order valence-electron chi connectivity index (χ3n) is 6.21. The summed E-state index contributed by atoms with van der Waals surface area (Å²) in [5.74, 6) is 3.69. The van der Waals surface area contributed by atoms with E-state index < -0.39 is 0 Å². The van der Waals surface area contributed by atoms with Gasteiger partial charge in [0, 0.05) is 25.2 Å². The van der Waals surface area contributed by atoms with Gasteiger partial charge in [-0.15, -0.1) is 0 Å². The molecule has 3 heterocycles. The Bertz CT molecular complexity index is 1160. The molecule has 0 saturated carbocycles. The van der Waals surface area contributed by atoms with E-state index in [1.54, 1.807) is 7.11 Å². The van der Waals surface area contributed by atoms with Crippen LogP contribution in [0.1, 0.15) is 42.5 Å². The molecule has 8 heteroatoms. The van der Waals surface area contributed by atoms with Gasteiger partial charge in [-0.25, -0.2) is 4.98 Å². The van der Waals surface area contributed by atoms with Crippen molar-refractivity contribution in [1.29, 1.82) is 0 Å². The molecule has 4 rings (SSSR count). The van der Waals surface area contributed by atoms with Crippen LogP contribution >= 0.6 is 0 Å². The standard InChI is InChI=1S/C25H32N4O4/c1-6-32-21-12-18(9-10-20(21)31-5)13-26-24(30)19-8-7-11-29(14-19)23-22-15(2)16(3)33-25(22)28-17(4)27-23/h9-10,12,19H,6-8,11,13-14H2,1-5H3,(H,26,30)/t19-/m1/s1. The number of methoxy groups -OCH3 is 1. The van der Waals surface area contributed by atoms with Gasteiger partial charge in [-0.05, 0) is 58.2 Å². The fraction of sp³-hybridized carbons (Fsp3) is 0.480. The molecule has 33 heavy (non-hydrogen) atoms. The van der Waals surface area contributed by atoms with Crippen molar-refractivity contribution in [3.05, 3.63) is 40.9 Å². The van der Waals surface area contributed by atoms with E-state index in [4.69, 9.17) is 18.9 Å². The number of hydrogen-bond acceptors (Lipinski definition) is 7. The predicted molar refractivity (Wildman–Crippen MR) is 127 cm³/mol. The number of fused-ring (bicyclic) bond motifs is 1. The number of benzene rings is 1. The molecule has 0 aliphatic carbocycles. The highest BCUT2D eigenvalue weighted by Crippen LogP contribution is 2.33. The Labute approximate surface area is 194 Å². The summed E-state index contributed by atoms with van der Waals surface area (Å²) in [6, 6.07) is 5.73. The van der Waals surface area contributed by atoms with E-state index in [0.29, 0.717) is 42.7 Å². The van der Waals surface area contributed by atoms with Crippen LogP contribution in [-0.2, 0) is 11.3 Å². The molecule has 1 aromatic carbocycles. The van der Waals surface area contributed by atoms with Crippen molar-refractivity contribution >= 4 is 22.8 Å². The number of aryl methyl sites for hydroxylation is 3. The Morgan fingerprint density at radius 1 is 1.24 bits per heavy atom. The normalized spacial score (nSPS) is 16.2. The second kappa shape index (κ2) is 9.68. The van der Waals surface area contributed by atoms with Gasteiger partial charge < -0.3 is 24.1 Å². The lowest BCUT2D eigenvalue weighted by atomic mass is 9.96. The second-order valence-corrected chi connectivity index (χ2v) is 8.48. The molecule has 1 aliphatic heterocycles. The first-order chi connectivity index (χ1) is 15.9. The summed E-state index contributed by atoms with van der Waals surface area (Å²) >= 11 is 0. The van der Waals surface area contributed by atoms with Crippen molar-refractivity contribution in [3.63, 3.8) is 0 Å². The summed E-state index contributed by atoms with van der Waals surface area (Å²) in [5.41, 5.74) is 2.64. The van der Waals surface area contributed by atoms with Gasteiger partial charge in [-0.1, -0.05) is 6.07 Å². The van der Waals surface area contributed by atoms with Gasteiger partial charge >= 0.3 is 0 Å². The average Bonchev–Trinajstić information content (AvgIpc) is 3.10. The lowest BCUT2D eigenvalue weighted by Gasteiger charge is -2.33. The number of nitrogens with one attached hydrogen (secondary N) is 1. The third kappa shape index (κ3) is 4.74. The van der Waals surface area contributed by atoms with Crippen LogP contribution in [0.3, 0.4) is 0 Å². The maximum Gasteiger partial charge on any atom is 0.231 e. The van der Waals surface area contributed by atoms with E-state index in [0.717, 1.165) is 47.5 Å². The second-order valence-electron chi connectivity index (χ2n) is 8.48. The van der Waals surface area contributed by atoms with E-state index >= 15 is 0 Å². The van der Waals surface area contributed by atoms with Crippen molar-refractivity contribution in [2.24, 2.45) is 5.92 Å². The fourth-order valence-corrected chi connectivity index (χ4v) is 4.38. The fourth-order valence-electron chi connectivity index (χ4n) is 4.38. The monoisotopic (exact) mass is 452 g/mol. The Morgan fingerprint density at radius 2 is 2.06 bits per heavy atom. The van der Waals surface area contributed by atoms with Crippen molar-refractivity contribution in [2.45, 2.75) is 47.1 Å². The maximum atomic E-state index is 13.0. The molecule has 1 saturated heterocycles. The van der Waals surface area contributed by atoms with E-state index in [-0.39, 0.29) is 11.8 Å². The minimum Gasteiger partial charge on any atom is -0.493 e. The molecule has 1 N–H and O–H groups in total. The summed E-state index contributed by atoms with van der Waals surface area (Å²) < 4.78 is 16.8. The van der Waals surface area contributed by atoms with E-state index in [9.17, 15) is 4.79 Å². The number of carbonyl (C=O) groups is 1. The molecule has 1 atom stereocenters. The summed E-state index contributed by atoms with van der Waals surface area (Å²) in [4.78, 5) is 24.4. The molecule has 2 aromatic heterocycles. The Kier molecular flexibility index (Phi) is 6.72. The van der Waals surface area contributed by atoms with Crippen LogP contribution in [0.25, 0.3) is 11.1 Å². The highest BCUT2D eigenvalue weighted by Gasteiger charge is 2.29. The number of aromatic nitrogens is 2. The zero-order valence-corrected chi connectivity index (χ0v) is 20.0. The number of amides is 1. The summed E-state index contributed by atoms with van der Waals surface area (Å²) in [6.45, 7) is 10.2. The molecule has 1 amide bonds. The minimum absolute atomic E-state index is 0.0515. The zero-order chi connectivity index (χ0) is 23.5. The van der Waals surface area contributed by atoms with Gasteiger partial charge in [-0.3, -0.25) is 4.79 Å². The number of ether oxygens (including phenoxy) is 2. The van der Waals surface area contributed by atoms with Crippen LogP contribution in [0.2, 0.25) is 0 Å². The van der Waals surface area contributed by atoms with Crippen LogP contribution in [0.15, 0.2) is 22.6 Å². The first-order valence-electron chi connectivity index (χ1n) is 11.5. The minimum atomic E-state index is -0.109.